The van der Waals surface area contributed by atoms with Gasteiger partial charge in [0.15, 0.2) is 0 Å². The monoisotopic (exact) mass is 270 g/mol. The number of ether oxygens (including phenoxy) is 1. The van der Waals surface area contributed by atoms with Gasteiger partial charge in [-0.1, -0.05) is 0 Å². The van der Waals surface area contributed by atoms with Gasteiger partial charge < -0.3 is 25.5 Å². The minimum absolute atomic E-state index is 0. The van der Waals surface area contributed by atoms with Crippen LogP contribution in [-0.2, 0) is 19.1 Å². The van der Waals surface area contributed by atoms with Crippen LogP contribution in [0.5, 0.6) is 0 Å². The zero-order valence-corrected chi connectivity index (χ0v) is 10.8. The summed E-state index contributed by atoms with van der Waals surface area (Å²) in [5.74, 6) is -2.50. The minimum Gasteiger partial charge on any atom is -0.481 e. The van der Waals surface area contributed by atoms with Crippen LogP contribution in [-0.4, -0.2) is 51.9 Å². The highest BCUT2D eigenvalue weighted by Gasteiger charge is 1.94. The van der Waals surface area contributed by atoms with Gasteiger partial charge in [0.2, 0.25) is 0 Å². The first-order chi connectivity index (χ1) is 7.70. The number of hydrogen-bond donors (Lipinski definition) is 3. The molecule has 0 aromatic heterocycles. The number of hydrogen-bond acceptors (Lipinski definition) is 4. The minimum atomic E-state index is -0.833. The molecule has 0 spiro atoms. The van der Waals surface area contributed by atoms with Crippen molar-refractivity contribution < 1.29 is 39.9 Å². The average Bonchev–Trinajstić information content (AvgIpc) is 2.53. The van der Waals surface area contributed by atoms with E-state index in [2.05, 4.69) is 0 Å². The van der Waals surface area contributed by atoms with Crippen molar-refractivity contribution in [2.24, 2.45) is 0 Å². The molecule has 0 saturated carbocycles. The Kier molecular flexibility index (Phi) is 29.0. The van der Waals surface area contributed by atoms with Crippen LogP contribution in [0.1, 0.15) is 33.6 Å². The molecule has 0 aromatic carbocycles. The smallest absolute Gasteiger partial charge is 0.300 e. The van der Waals surface area contributed by atoms with Crippen molar-refractivity contribution in [3.63, 3.8) is 0 Å². The molecule has 1 saturated heterocycles. The van der Waals surface area contributed by atoms with Gasteiger partial charge in [-0.3, -0.25) is 14.4 Å². The molecule has 1 aliphatic rings. The third-order valence-corrected chi connectivity index (χ3v) is 0.827. The molecule has 0 aliphatic carbocycles. The number of aliphatic carboxylic acids is 3. The van der Waals surface area contributed by atoms with Gasteiger partial charge in [0, 0.05) is 34.0 Å². The second-order valence-corrected chi connectivity index (χ2v) is 2.88. The predicted molar refractivity (Wildman–Crippen MR) is 63.6 cm³/mol. The SMILES string of the molecule is C1CCOC1.CC(=O)O.CC(=O)O.CC(=O)O.O. The quantitative estimate of drug-likeness (QED) is 0.570. The van der Waals surface area contributed by atoms with E-state index in [0.717, 1.165) is 34.0 Å². The Bertz CT molecular complexity index is 162. The lowest BCUT2D eigenvalue weighted by Gasteiger charge is -1.76. The number of carbonyl (C=O) groups is 3. The molecule has 1 fully saturated rings. The Morgan fingerprint density at radius 1 is 0.778 bits per heavy atom. The molecule has 8 nitrogen and oxygen atoms in total. The van der Waals surface area contributed by atoms with Crippen LogP contribution in [0.15, 0.2) is 0 Å². The van der Waals surface area contributed by atoms with E-state index < -0.39 is 17.9 Å². The van der Waals surface area contributed by atoms with E-state index >= 15 is 0 Å². The molecular weight excluding hydrogens is 248 g/mol. The first-order valence-corrected chi connectivity index (χ1v) is 4.86. The molecule has 0 bridgehead atoms. The zero-order chi connectivity index (χ0) is 14.3. The first kappa shape index (κ1) is 25.2. The topological polar surface area (TPSA) is 153 Å². The van der Waals surface area contributed by atoms with E-state index in [1.165, 1.54) is 12.8 Å². The normalized spacial score (nSPS) is 10.8. The first-order valence-electron chi connectivity index (χ1n) is 4.86. The lowest BCUT2D eigenvalue weighted by Crippen LogP contribution is -1.78. The predicted octanol–water partition coefficient (Wildman–Crippen LogP) is 0.245. The number of carboxylic acids is 3. The van der Waals surface area contributed by atoms with Crippen LogP contribution in [0, 0.1) is 0 Å². The molecule has 8 heteroatoms. The maximum absolute atomic E-state index is 9.00. The highest BCUT2D eigenvalue weighted by Crippen LogP contribution is 1.98. The van der Waals surface area contributed by atoms with Gasteiger partial charge in [0.1, 0.15) is 0 Å². The van der Waals surface area contributed by atoms with Crippen LogP contribution >= 0.6 is 0 Å². The lowest BCUT2D eigenvalue weighted by molar-refractivity contribution is -0.135. The zero-order valence-electron chi connectivity index (χ0n) is 10.8. The molecule has 0 aromatic rings. The highest BCUT2D eigenvalue weighted by atomic mass is 16.5. The second-order valence-electron chi connectivity index (χ2n) is 2.88. The van der Waals surface area contributed by atoms with E-state index in [1.54, 1.807) is 0 Å². The molecule has 0 unspecified atom stereocenters. The molecule has 0 atom stereocenters. The molecule has 1 aliphatic heterocycles. The molecule has 5 N–H and O–H groups in total. The van der Waals surface area contributed by atoms with Gasteiger partial charge in [-0.15, -0.1) is 0 Å². The van der Waals surface area contributed by atoms with Crippen molar-refractivity contribution in [2.75, 3.05) is 13.2 Å². The van der Waals surface area contributed by atoms with Crippen LogP contribution in [0.25, 0.3) is 0 Å². The van der Waals surface area contributed by atoms with Crippen LogP contribution < -0.4 is 0 Å². The summed E-state index contributed by atoms with van der Waals surface area (Å²) in [6.45, 7) is 5.25. The summed E-state index contributed by atoms with van der Waals surface area (Å²) in [4.78, 5) is 27.0. The maximum atomic E-state index is 9.00. The number of rotatable bonds is 0. The van der Waals surface area contributed by atoms with Gasteiger partial charge >= 0.3 is 0 Å². The van der Waals surface area contributed by atoms with E-state index in [1.807, 2.05) is 0 Å². The molecule has 110 valence electrons. The van der Waals surface area contributed by atoms with E-state index in [9.17, 15) is 0 Å². The van der Waals surface area contributed by atoms with Gasteiger partial charge in [-0.05, 0) is 12.8 Å². The fourth-order valence-corrected chi connectivity index (χ4v) is 0.510. The van der Waals surface area contributed by atoms with Crippen LogP contribution in [0.3, 0.4) is 0 Å². The standard InChI is InChI=1S/C4H8O.3C2H4O2.H2O/c1-2-4-5-3-1;3*1-2(3)4;/h1-4H2;3*1H3,(H,3,4);1H2. The van der Waals surface area contributed by atoms with Gasteiger partial charge in [-0.25, -0.2) is 0 Å². The molecule has 1 rings (SSSR count). The van der Waals surface area contributed by atoms with Crippen LogP contribution in [0.4, 0.5) is 0 Å². The van der Waals surface area contributed by atoms with Gasteiger partial charge in [-0.2, -0.15) is 0 Å². The Labute approximate surface area is 105 Å². The maximum Gasteiger partial charge on any atom is 0.300 e. The van der Waals surface area contributed by atoms with Crippen molar-refractivity contribution >= 4 is 17.9 Å². The summed E-state index contributed by atoms with van der Waals surface area (Å²) < 4.78 is 4.94. The molecule has 0 radical (unpaired) electrons. The average molecular weight is 270 g/mol. The molecule has 0 amide bonds. The Hall–Kier alpha value is -1.67. The fraction of sp³-hybridized carbons (Fsp3) is 0.700. The van der Waals surface area contributed by atoms with E-state index in [-0.39, 0.29) is 5.48 Å². The summed E-state index contributed by atoms with van der Waals surface area (Å²) in [5, 5.41) is 22.2. The van der Waals surface area contributed by atoms with Crippen molar-refractivity contribution in [3.05, 3.63) is 0 Å². The third kappa shape index (κ3) is 230. The number of carboxylic acid groups (broad SMARTS) is 3. The van der Waals surface area contributed by atoms with E-state index in [4.69, 9.17) is 34.4 Å². The van der Waals surface area contributed by atoms with Crippen LogP contribution in [0.2, 0.25) is 0 Å². The van der Waals surface area contributed by atoms with Gasteiger partial charge in [0.25, 0.3) is 17.9 Å². The summed E-state index contributed by atoms with van der Waals surface area (Å²) >= 11 is 0. The Morgan fingerprint density at radius 2 is 0.944 bits per heavy atom. The summed E-state index contributed by atoms with van der Waals surface area (Å²) in [6, 6.07) is 0. The fourth-order valence-electron chi connectivity index (χ4n) is 0.510. The van der Waals surface area contributed by atoms with Gasteiger partial charge in [0.05, 0.1) is 0 Å². The van der Waals surface area contributed by atoms with Crippen molar-refractivity contribution in [2.45, 2.75) is 33.6 Å². The lowest BCUT2D eigenvalue weighted by atomic mass is 10.4. The summed E-state index contributed by atoms with van der Waals surface area (Å²) in [5.41, 5.74) is 0. The summed E-state index contributed by atoms with van der Waals surface area (Å²) in [6.07, 6.45) is 2.56. The third-order valence-electron chi connectivity index (χ3n) is 0.827. The van der Waals surface area contributed by atoms with Crippen molar-refractivity contribution in [1.29, 1.82) is 0 Å². The highest BCUT2D eigenvalue weighted by molar-refractivity contribution is 5.63. The molecular formula is C10H22O8. The summed E-state index contributed by atoms with van der Waals surface area (Å²) in [7, 11) is 0. The second kappa shape index (κ2) is 20.7. The largest absolute Gasteiger partial charge is 0.481 e. The van der Waals surface area contributed by atoms with E-state index in [0.29, 0.717) is 0 Å². The van der Waals surface area contributed by atoms with Crippen molar-refractivity contribution in [3.8, 4) is 0 Å². The molecule has 1 heterocycles. The Balaban J connectivity index is -0.0000000719. The molecule has 18 heavy (non-hydrogen) atoms. The van der Waals surface area contributed by atoms with Crippen molar-refractivity contribution in [1.82, 2.24) is 0 Å². The Morgan fingerprint density at radius 3 is 1.00 bits per heavy atom.